The first-order chi connectivity index (χ1) is 26.2. The van der Waals surface area contributed by atoms with Gasteiger partial charge in [0.25, 0.3) is 0 Å². The minimum absolute atomic E-state index is 0.554. The molecule has 0 amide bonds. The van der Waals surface area contributed by atoms with Crippen molar-refractivity contribution in [2.75, 3.05) is 0 Å². The van der Waals surface area contributed by atoms with Crippen LogP contribution in [0.5, 0.6) is 5.75 Å². The lowest BCUT2D eigenvalue weighted by Crippen LogP contribution is -2.02. The van der Waals surface area contributed by atoms with E-state index in [1.807, 2.05) is 72.8 Å². The van der Waals surface area contributed by atoms with Gasteiger partial charge in [0.1, 0.15) is 22.7 Å². The van der Waals surface area contributed by atoms with E-state index in [-0.39, 0.29) is 0 Å². The van der Waals surface area contributed by atoms with Crippen LogP contribution in [0.2, 0.25) is 0 Å². The number of para-hydroxylation sites is 1. The second-order valence-corrected chi connectivity index (χ2v) is 13.2. The van der Waals surface area contributed by atoms with Crippen LogP contribution in [0, 0.1) is 0 Å². The summed E-state index contributed by atoms with van der Waals surface area (Å²) >= 11 is 0. The summed E-state index contributed by atoms with van der Waals surface area (Å²) < 4.78 is 12.8. The molecule has 0 saturated heterocycles. The van der Waals surface area contributed by atoms with E-state index >= 15 is 0 Å². The third-order valence-corrected chi connectivity index (χ3v) is 9.93. The van der Waals surface area contributed by atoms with Crippen LogP contribution in [0.1, 0.15) is 5.56 Å². The summed E-state index contributed by atoms with van der Waals surface area (Å²) in [5.74, 6) is 3.07. The van der Waals surface area contributed by atoms with Gasteiger partial charge in [0.15, 0.2) is 17.5 Å². The summed E-state index contributed by atoms with van der Waals surface area (Å²) in [6.45, 7) is 4.13. The van der Waals surface area contributed by atoms with Crippen LogP contribution in [-0.4, -0.2) is 15.0 Å². The van der Waals surface area contributed by atoms with Crippen LogP contribution in [-0.2, 0) is 6.42 Å². The standard InChI is InChI=1S/C48H31N3O2/c1-30-14-4-2-5-15-31-24-25-34(29-43(31)52-30)36-26-27-42-44(39-22-12-13-23-41(39)53-42)45(36)48-50-46(32-16-6-3-7-17-32)49-47(51-48)40-28-33-18-8-9-19-35(33)37-20-10-11-21-38(37)40/h2-14,16-29H,1,15H2/b5-2-,14-4-. The Morgan fingerprint density at radius 2 is 1.26 bits per heavy atom. The third-order valence-electron chi connectivity index (χ3n) is 9.93. The van der Waals surface area contributed by atoms with E-state index in [1.165, 1.54) is 5.39 Å². The van der Waals surface area contributed by atoms with Crippen LogP contribution in [0.25, 0.3) is 88.8 Å². The lowest BCUT2D eigenvalue weighted by atomic mass is 9.93. The molecule has 0 atom stereocenters. The summed E-state index contributed by atoms with van der Waals surface area (Å²) in [7, 11) is 0. The number of nitrogens with zero attached hydrogens (tertiary/aromatic N) is 3. The third kappa shape index (κ3) is 5.38. The van der Waals surface area contributed by atoms with Gasteiger partial charge in [-0.05, 0) is 81.1 Å². The molecule has 250 valence electrons. The molecule has 3 heterocycles. The molecular weight excluding hydrogens is 651 g/mol. The van der Waals surface area contributed by atoms with E-state index in [1.54, 1.807) is 0 Å². The Kier molecular flexibility index (Phi) is 7.29. The predicted molar refractivity (Wildman–Crippen MR) is 216 cm³/mol. The number of fused-ring (bicyclic) bond motifs is 7. The van der Waals surface area contributed by atoms with Crippen molar-refractivity contribution in [1.82, 2.24) is 15.0 Å². The topological polar surface area (TPSA) is 61.0 Å². The molecule has 5 heteroatoms. The fourth-order valence-corrected chi connectivity index (χ4v) is 7.45. The Balaban J connectivity index is 1.29. The highest BCUT2D eigenvalue weighted by Crippen LogP contribution is 2.44. The van der Waals surface area contributed by atoms with Crippen LogP contribution >= 0.6 is 0 Å². The molecule has 0 N–H and O–H groups in total. The minimum atomic E-state index is 0.554. The van der Waals surface area contributed by atoms with Crippen molar-refractivity contribution in [3.05, 3.63) is 182 Å². The monoisotopic (exact) mass is 681 g/mol. The first-order valence-corrected chi connectivity index (χ1v) is 17.7. The number of ether oxygens (including phenoxy) is 1. The lowest BCUT2D eigenvalue weighted by Gasteiger charge is -2.16. The summed E-state index contributed by atoms with van der Waals surface area (Å²) in [5.41, 5.74) is 7.24. The van der Waals surface area contributed by atoms with Gasteiger partial charge in [0.2, 0.25) is 0 Å². The summed E-state index contributed by atoms with van der Waals surface area (Å²) in [5, 5.41) is 6.46. The molecule has 0 bridgehead atoms. The number of aromatic nitrogens is 3. The second kappa shape index (κ2) is 12.6. The zero-order valence-electron chi connectivity index (χ0n) is 28.7. The molecule has 9 aromatic rings. The van der Waals surface area contributed by atoms with Crippen molar-refractivity contribution in [3.8, 4) is 51.0 Å². The highest BCUT2D eigenvalue weighted by atomic mass is 16.5. The Morgan fingerprint density at radius 3 is 2.15 bits per heavy atom. The number of hydrogen-bond donors (Lipinski definition) is 0. The average Bonchev–Trinajstić information content (AvgIpc) is 3.62. The van der Waals surface area contributed by atoms with Gasteiger partial charge in [0, 0.05) is 27.5 Å². The fourth-order valence-electron chi connectivity index (χ4n) is 7.45. The van der Waals surface area contributed by atoms with Gasteiger partial charge in [-0.2, -0.15) is 0 Å². The Hall–Kier alpha value is -7.11. The van der Waals surface area contributed by atoms with Crippen LogP contribution in [0.3, 0.4) is 0 Å². The molecule has 53 heavy (non-hydrogen) atoms. The summed E-state index contributed by atoms with van der Waals surface area (Å²) in [6.07, 6.45) is 8.71. The molecule has 0 fully saturated rings. The maximum atomic E-state index is 6.47. The van der Waals surface area contributed by atoms with Crippen LogP contribution in [0.4, 0.5) is 0 Å². The van der Waals surface area contributed by atoms with Gasteiger partial charge in [-0.25, -0.2) is 15.0 Å². The molecule has 7 aromatic carbocycles. The Morgan fingerprint density at radius 1 is 0.528 bits per heavy atom. The predicted octanol–water partition coefficient (Wildman–Crippen LogP) is 12.3. The molecule has 5 nitrogen and oxygen atoms in total. The van der Waals surface area contributed by atoms with E-state index in [2.05, 4.69) is 97.6 Å². The molecule has 0 aliphatic carbocycles. The molecule has 0 unspecified atom stereocenters. The quantitative estimate of drug-likeness (QED) is 0.173. The Bertz CT molecular complexity index is 2970. The number of allylic oxidation sites excluding steroid dienone is 4. The molecule has 1 aliphatic rings. The lowest BCUT2D eigenvalue weighted by molar-refractivity contribution is 0.443. The van der Waals surface area contributed by atoms with Crippen molar-refractivity contribution < 1.29 is 9.15 Å². The van der Waals surface area contributed by atoms with E-state index in [0.29, 0.717) is 23.2 Å². The maximum absolute atomic E-state index is 6.47. The van der Waals surface area contributed by atoms with E-state index < -0.39 is 0 Å². The van der Waals surface area contributed by atoms with Gasteiger partial charge < -0.3 is 9.15 Å². The van der Waals surface area contributed by atoms with Crippen molar-refractivity contribution >= 4 is 43.5 Å². The minimum Gasteiger partial charge on any atom is -0.458 e. The number of furan rings is 1. The summed E-state index contributed by atoms with van der Waals surface area (Å²) in [6, 6.07) is 47.9. The zero-order valence-corrected chi connectivity index (χ0v) is 28.7. The number of benzene rings is 7. The first kappa shape index (κ1) is 30.7. The average molecular weight is 682 g/mol. The fraction of sp³-hybridized carbons (Fsp3) is 0.0208. The van der Waals surface area contributed by atoms with Gasteiger partial charge in [-0.3, -0.25) is 0 Å². The maximum Gasteiger partial charge on any atom is 0.165 e. The van der Waals surface area contributed by atoms with E-state index in [4.69, 9.17) is 24.1 Å². The Labute approximate surface area is 305 Å². The van der Waals surface area contributed by atoms with Gasteiger partial charge in [-0.15, -0.1) is 0 Å². The van der Waals surface area contributed by atoms with Gasteiger partial charge in [-0.1, -0.05) is 134 Å². The van der Waals surface area contributed by atoms with E-state index in [0.717, 1.165) is 83.6 Å². The van der Waals surface area contributed by atoms with E-state index in [9.17, 15) is 0 Å². The molecule has 1 aliphatic heterocycles. The highest BCUT2D eigenvalue weighted by molar-refractivity contribution is 6.16. The van der Waals surface area contributed by atoms with Crippen molar-refractivity contribution in [2.24, 2.45) is 0 Å². The smallest absolute Gasteiger partial charge is 0.165 e. The molecule has 2 aromatic heterocycles. The SMILES string of the molecule is C=C1/C=C\C=C/Cc2ccc(-c3ccc4oc5ccccc5c4c3-c3nc(-c4ccccc4)nc(-c4cc5ccccc5c5ccccc45)n3)cc2O1. The van der Waals surface area contributed by atoms with Crippen molar-refractivity contribution in [2.45, 2.75) is 6.42 Å². The first-order valence-electron chi connectivity index (χ1n) is 17.7. The normalized spacial score (nSPS) is 14.1. The molecule has 0 radical (unpaired) electrons. The highest BCUT2D eigenvalue weighted by Gasteiger charge is 2.23. The second-order valence-electron chi connectivity index (χ2n) is 13.2. The van der Waals surface area contributed by atoms with Gasteiger partial charge >= 0.3 is 0 Å². The van der Waals surface area contributed by atoms with Gasteiger partial charge in [0.05, 0.1) is 0 Å². The number of hydrogen-bond acceptors (Lipinski definition) is 5. The van der Waals surface area contributed by atoms with Crippen molar-refractivity contribution in [1.29, 1.82) is 0 Å². The van der Waals surface area contributed by atoms with Crippen LogP contribution < -0.4 is 4.74 Å². The van der Waals surface area contributed by atoms with Crippen LogP contribution in [0.15, 0.2) is 181 Å². The largest absolute Gasteiger partial charge is 0.458 e. The number of rotatable bonds is 4. The molecular formula is C48H31N3O2. The zero-order chi connectivity index (χ0) is 35.3. The molecule has 10 rings (SSSR count). The molecule has 0 saturated carbocycles. The summed E-state index contributed by atoms with van der Waals surface area (Å²) in [4.78, 5) is 15.9. The van der Waals surface area contributed by atoms with Crippen molar-refractivity contribution in [3.63, 3.8) is 0 Å². The molecule has 0 spiro atoms.